The van der Waals surface area contributed by atoms with Crippen LogP contribution < -0.4 is 10.1 Å². The maximum absolute atomic E-state index is 12.8. The van der Waals surface area contributed by atoms with Crippen LogP contribution in [0.2, 0.25) is 0 Å². The highest BCUT2D eigenvalue weighted by Gasteiger charge is 2.43. The number of hydrogen-bond donors (Lipinski definition) is 1. The first-order valence-electron chi connectivity index (χ1n) is 12.0. The average molecular weight is 449 g/mol. The lowest BCUT2D eigenvalue weighted by Crippen LogP contribution is -2.45. The van der Waals surface area contributed by atoms with E-state index in [0.717, 1.165) is 56.6 Å². The van der Waals surface area contributed by atoms with E-state index in [0.29, 0.717) is 12.1 Å². The molecule has 0 radical (unpaired) electrons. The number of rotatable bonds is 6. The molecule has 2 saturated heterocycles. The van der Waals surface area contributed by atoms with Gasteiger partial charge in [-0.2, -0.15) is 0 Å². The molecule has 1 amide bonds. The van der Waals surface area contributed by atoms with Gasteiger partial charge in [-0.15, -0.1) is 0 Å². The van der Waals surface area contributed by atoms with Crippen LogP contribution >= 0.6 is 0 Å². The highest BCUT2D eigenvalue weighted by atomic mass is 16.5. The number of methoxy groups -OCH3 is 1. The van der Waals surface area contributed by atoms with Gasteiger partial charge in [-0.05, 0) is 37.3 Å². The van der Waals surface area contributed by atoms with Crippen LogP contribution in [0, 0.1) is 0 Å². The minimum Gasteiger partial charge on any atom is -0.496 e. The number of fused-ring (bicyclic) bond motifs is 1. The molecule has 2 fully saturated rings. The summed E-state index contributed by atoms with van der Waals surface area (Å²) in [5.74, 6) is 0.561. The summed E-state index contributed by atoms with van der Waals surface area (Å²) < 4.78 is 12.0. The normalized spacial score (nSPS) is 24.1. The average Bonchev–Trinajstić information content (AvgIpc) is 3.41. The van der Waals surface area contributed by atoms with Gasteiger partial charge in [-0.25, -0.2) is 0 Å². The quantitative estimate of drug-likeness (QED) is 0.730. The molecule has 6 nitrogen and oxygen atoms in total. The number of nitrogens with zero attached hydrogens (tertiary/aromatic N) is 1. The fraction of sp³-hybridized carbons (Fsp3) is 0.481. The smallest absolute Gasteiger partial charge is 0.228 e. The number of piperidine rings is 1. The predicted molar refractivity (Wildman–Crippen MR) is 125 cm³/mol. The van der Waals surface area contributed by atoms with Crippen LogP contribution in [0.5, 0.6) is 5.75 Å². The summed E-state index contributed by atoms with van der Waals surface area (Å²) in [5, 5.41) is 3.06. The number of hydrogen-bond acceptors (Lipinski definition) is 5. The fourth-order valence-corrected chi connectivity index (χ4v) is 5.63. The van der Waals surface area contributed by atoms with E-state index in [4.69, 9.17) is 9.47 Å². The monoisotopic (exact) mass is 448 g/mol. The molecule has 0 unspecified atom stereocenters. The van der Waals surface area contributed by atoms with E-state index in [1.807, 2.05) is 36.4 Å². The van der Waals surface area contributed by atoms with Gasteiger partial charge in [-0.1, -0.05) is 42.5 Å². The second kappa shape index (κ2) is 9.27. The summed E-state index contributed by atoms with van der Waals surface area (Å²) in [6, 6.07) is 15.7. The summed E-state index contributed by atoms with van der Waals surface area (Å²) in [7, 11) is 1.72. The van der Waals surface area contributed by atoms with Crippen LogP contribution in [0.4, 0.5) is 0 Å². The van der Waals surface area contributed by atoms with E-state index in [9.17, 15) is 9.59 Å². The first kappa shape index (κ1) is 22.1. The number of benzene rings is 2. The molecule has 2 atom stereocenters. The van der Waals surface area contributed by atoms with Crippen molar-refractivity contribution >= 4 is 11.7 Å². The standard InChI is InChI=1S/C27H32N2O4/c1-32-25-9-5-2-6-19(25)18-29-14-12-27(13-15-29)11-10-20(33-27)17-28-26(31)23-16-24(30)22-8-4-3-7-21(22)23/h2-9,20,23H,10-18H2,1H3,(H,28,31)/t20-,23-/m0/s1. The Bertz CT molecular complexity index is 1030. The Morgan fingerprint density at radius 2 is 1.88 bits per heavy atom. The molecule has 174 valence electrons. The molecular formula is C27H32N2O4. The van der Waals surface area contributed by atoms with E-state index >= 15 is 0 Å². The minimum atomic E-state index is -0.373. The number of carbonyl (C=O) groups excluding carboxylic acids is 2. The third-order valence-electron chi connectivity index (χ3n) is 7.54. The Kier molecular flexibility index (Phi) is 6.21. The second-order valence-electron chi connectivity index (χ2n) is 9.56. The Labute approximate surface area is 195 Å². The van der Waals surface area contributed by atoms with Gasteiger partial charge in [-0.3, -0.25) is 14.5 Å². The molecule has 5 rings (SSSR count). The van der Waals surface area contributed by atoms with Crippen molar-refractivity contribution in [1.82, 2.24) is 10.2 Å². The maximum atomic E-state index is 12.8. The van der Waals surface area contributed by atoms with Crippen molar-refractivity contribution < 1.29 is 19.1 Å². The first-order chi connectivity index (χ1) is 16.1. The van der Waals surface area contributed by atoms with Gasteiger partial charge in [0.2, 0.25) is 5.91 Å². The zero-order valence-corrected chi connectivity index (χ0v) is 19.2. The molecule has 0 aromatic heterocycles. The zero-order valence-electron chi connectivity index (χ0n) is 19.2. The van der Waals surface area contributed by atoms with Gasteiger partial charge < -0.3 is 14.8 Å². The molecule has 0 saturated carbocycles. The molecule has 1 N–H and O–H groups in total. The number of ketones is 1. The van der Waals surface area contributed by atoms with Crippen LogP contribution in [-0.4, -0.2) is 55.0 Å². The zero-order chi connectivity index (χ0) is 22.8. The molecule has 2 aliphatic heterocycles. The molecule has 6 heteroatoms. The molecule has 1 aliphatic carbocycles. The van der Waals surface area contributed by atoms with Gasteiger partial charge in [0.25, 0.3) is 0 Å². The molecule has 3 aliphatic rings. The predicted octanol–water partition coefficient (Wildman–Crippen LogP) is 3.70. The van der Waals surface area contributed by atoms with Crippen molar-refractivity contribution in [1.29, 1.82) is 0 Å². The highest BCUT2D eigenvalue weighted by molar-refractivity contribution is 6.06. The number of para-hydroxylation sites is 1. The van der Waals surface area contributed by atoms with Gasteiger partial charge in [0, 0.05) is 43.7 Å². The highest BCUT2D eigenvalue weighted by Crippen LogP contribution is 2.39. The van der Waals surface area contributed by atoms with Crippen LogP contribution in [0.15, 0.2) is 48.5 Å². The minimum absolute atomic E-state index is 0.0436. The third-order valence-corrected chi connectivity index (χ3v) is 7.54. The number of carbonyl (C=O) groups is 2. The van der Waals surface area contributed by atoms with Gasteiger partial charge in [0.05, 0.1) is 24.7 Å². The van der Waals surface area contributed by atoms with Crippen molar-refractivity contribution in [3.8, 4) is 5.75 Å². The topological polar surface area (TPSA) is 67.9 Å². The Morgan fingerprint density at radius 3 is 2.70 bits per heavy atom. The Balaban J connectivity index is 1.11. The fourth-order valence-electron chi connectivity index (χ4n) is 5.63. The van der Waals surface area contributed by atoms with Crippen molar-refractivity contribution in [3.63, 3.8) is 0 Å². The van der Waals surface area contributed by atoms with E-state index in [1.165, 1.54) is 5.56 Å². The lowest BCUT2D eigenvalue weighted by atomic mass is 9.88. The van der Waals surface area contributed by atoms with Crippen LogP contribution in [0.1, 0.15) is 59.5 Å². The SMILES string of the molecule is COc1ccccc1CN1CCC2(CC[C@@H](CNC(=O)[C@H]3CC(=O)c4ccccc43)O2)CC1. The number of amides is 1. The van der Waals surface area contributed by atoms with Gasteiger partial charge >= 0.3 is 0 Å². The van der Waals surface area contributed by atoms with Crippen molar-refractivity contribution in [3.05, 3.63) is 65.2 Å². The number of nitrogens with one attached hydrogen (secondary N) is 1. The summed E-state index contributed by atoms with van der Waals surface area (Å²) in [6.07, 6.45) is 4.34. The van der Waals surface area contributed by atoms with Crippen molar-refractivity contribution in [2.45, 2.75) is 56.3 Å². The van der Waals surface area contributed by atoms with Gasteiger partial charge in [0.1, 0.15) is 5.75 Å². The number of ether oxygens (including phenoxy) is 2. The largest absolute Gasteiger partial charge is 0.496 e. The lowest BCUT2D eigenvalue weighted by molar-refractivity contribution is -0.124. The third kappa shape index (κ3) is 4.55. The van der Waals surface area contributed by atoms with E-state index < -0.39 is 0 Å². The van der Waals surface area contributed by atoms with Crippen LogP contribution in [0.3, 0.4) is 0 Å². The van der Waals surface area contributed by atoms with E-state index in [-0.39, 0.29) is 35.7 Å². The summed E-state index contributed by atoms with van der Waals surface area (Å²) in [5.41, 5.74) is 2.69. The molecule has 0 bridgehead atoms. The maximum Gasteiger partial charge on any atom is 0.228 e. The number of Topliss-reactive ketones (excluding diaryl/α,β-unsaturated/α-hetero) is 1. The van der Waals surface area contributed by atoms with E-state index in [1.54, 1.807) is 7.11 Å². The molecule has 2 aromatic rings. The molecule has 2 aromatic carbocycles. The molecule has 2 heterocycles. The van der Waals surface area contributed by atoms with Crippen LogP contribution in [-0.2, 0) is 16.1 Å². The Hall–Kier alpha value is -2.70. The summed E-state index contributed by atoms with van der Waals surface area (Å²) in [6.45, 7) is 3.40. The molecular weight excluding hydrogens is 416 g/mol. The van der Waals surface area contributed by atoms with Gasteiger partial charge in [0.15, 0.2) is 5.78 Å². The van der Waals surface area contributed by atoms with Crippen LogP contribution in [0.25, 0.3) is 0 Å². The summed E-state index contributed by atoms with van der Waals surface area (Å²) >= 11 is 0. The second-order valence-corrected chi connectivity index (χ2v) is 9.56. The molecule has 33 heavy (non-hydrogen) atoms. The number of likely N-dealkylation sites (tertiary alicyclic amines) is 1. The van der Waals surface area contributed by atoms with Crippen molar-refractivity contribution in [2.75, 3.05) is 26.7 Å². The van der Waals surface area contributed by atoms with E-state index in [2.05, 4.69) is 22.3 Å². The van der Waals surface area contributed by atoms with Crippen molar-refractivity contribution in [2.24, 2.45) is 0 Å². The Morgan fingerprint density at radius 1 is 1.12 bits per heavy atom. The molecule has 1 spiro atoms. The lowest BCUT2D eigenvalue weighted by Gasteiger charge is -2.39. The first-order valence-corrected chi connectivity index (χ1v) is 12.0. The summed E-state index contributed by atoms with van der Waals surface area (Å²) in [4.78, 5) is 27.5.